The highest BCUT2D eigenvalue weighted by atomic mass is 32.2. The van der Waals surface area contributed by atoms with Crippen LogP contribution in [0.4, 0.5) is 8.78 Å². The summed E-state index contributed by atoms with van der Waals surface area (Å²) >= 11 is 0.843. The van der Waals surface area contributed by atoms with E-state index >= 15 is 0 Å². The van der Waals surface area contributed by atoms with Gasteiger partial charge in [-0.25, -0.2) is 17.2 Å². The molecule has 1 heterocycles. The second kappa shape index (κ2) is 11.8. The normalized spacial score (nSPS) is 12.4. The quantitative estimate of drug-likeness (QED) is 0.362. The average Bonchev–Trinajstić information content (AvgIpc) is 3.15. The summed E-state index contributed by atoms with van der Waals surface area (Å²) in [5, 5.41) is 0. The summed E-state index contributed by atoms with van der Waals surface area (Å²) < 4.78 is 61.9. The fraction of sp³-hybridized carbons (Fsp3) is 0.375. The number of fused-ring (bicyclic) bond motifs is 1. The third kappa shape index (κ3) is 6.05. The van der Waals surface area contributed by atoms with Crippen LogP contribution in [0.5, 0.6) is 0 Å². The first kappa shape index (κ1) is 27.6. The van der Waals surface area contributed by atoms with Crippen molar-refractivity contribution in [3.63, 3.8) is 0 Å². The molecule has 2 aromatic carbocycles. The molecular weight excluding hydrogens is 512 g/mol. The molecule has 0 aliphatic heterocycles. The van der Waals surface area contributed by atoms with Gasteiger partial charge < -0.3 is 9.30 Å². The van der Waals surface area contributed by atoms with Gasteiger partial charge in [-0.15, -0.1) is 0 Å². The Bertz CT molecular complexity index is 1420. The van der Waals surface area contributed by atoms with Gasteiger partial charge in [0.2, 0.25) is 10.0 Å². The topological polar surface area (TPSA) is 98.0 Å². The van der Waals surface area contributed by atoms with Crippen LogP contribution in [0.1, 0.15) is 44.0 Å². The lowest BCUT2D eigenvalue weighted by atomic mass is 10.2. The molecule has 0 saturated heterocycles. The lowest BCUT2D eigenvalue weighted by Crippen LogP contribution is -2.32. The molecule has 1 aromatic heterocycles. The minimum Gasteiger partial charge on any atom is -0.465 e. The molecule has 3 aromatic rings. The van der Waals surface area contributed by atoms with Crippen molar-refractivity contribution in [2.45, 2.75) is 45.1 Å². The van der Waals surface area contributed by atoms with E-state index in [2.05, 4.69) is 4.99 Å². The Morgan fingerprint density at radius 1 is 1.06 bits per heavy atom. The third-order valence-electron chi connectivity index (χ3n) is 5.17. The molecule has 0 radical (unpaired) electrons. The summed E-state index contributed by atoms with van der Waals surface area (Å²) in [6, 6.07) is 7.14. The highest BCUT2D eigenvalue weighted by Crippen LogP contribution is 2.23. The monoisotopic (exact) mass is 539 g/mol. The number of hydrogen-bond acceptors (Lipinski definition) is 6. The number of carbonyl (C=O) groups excluding carboxylic acids is 2. The van der Waals surface area contributed by atoms with E-state index < -0.39 is 40.1 Å². The molecule has 0 bridgehead atoms. The number of ether oxygens (including phenoxy) is 1. The summed E-state index contributed by atoms with van der Waals surface area (Å²) in [6.07, 6.45) is 1.33. The lowest BCUT2D eigenvalue weighted by molar-refractivity contribution is -0.143. The first-order valence-electron chi connectivity index (χ1n) is 11.5. The Morgan fingerprint density at radius 3 is 2.28 bits per heavy atom. The number of carbonyl (C=O) groups is 2. The van der Waals surface area contributed by atoms with Crippen molar-refractivity contribution in [1.82, 2.24) is 8.87 Å². The minimum absolute atomic E-state index is 0.0266. The van der Waals surface area contributed by atoms with Crippen LogP contribution in [-0.4, -0.2) is 48.9 Å². The maximum absolute atomic E-state index is 14.6. The number of sulfonamides is 1. The van der Waals surface area contributed by atoms with Gasteiger partial charge in [-0.1, -0.05) is 25.2 Å². The summed E-state index contributed by atoms with van der Waals surface area (Å²) in [5.41, 5.74) is 0.0210. The van der Waals surface area contributed by atoms with Crippen molar-refractivity contribution in [3.8, 4) is 0 Å². The van der Waals surface area contributed by atoms with E-state index in [0.29, 0.717) is 32.0 Å². The fourth-order valence-corrected chi connectivity index (χ4v) is 6.31. The number of rotatable bonds is 10. The standard InChI is InChI=1S/C24H27F2N3O5S2/c1-4-11-28(12-5-2)36(32,33)18-9-7-16(8-10-18)23(31)27-24-29(15-21(30)34-6-3)22-19(26)13-17(25)14-20(22)35-24/h7-10,13-14H,4-6,11-12,15H2,1-3H3. The number of halogens is 2. The fourth-order valence-electron chi connectivity index (χ4n) is 3.62. The number of benzene rings is 2. The maximum Gasteiger partial charge on any atom is 0.326 e. The van der Waals surface area contributed by atoms with Crippen LogP contribution in [0.25, 0.3) is 10.2 Å². The predicted octanol–water partition coefficient (Wildman–Crippen LogP) is 4.10. The zero-order chi connectivity index (χ0) is 26.5. The molecule has 194 valence electrons. The Hall–Kier alpha value is -2.96. The highest BCUT2D eigenvalue weighted by Gasteiger charge is 2.23. The first-order chi connectivity index (χ1) is 17.1. The van der Waals surface area contributed by atoms with Crippen molar-refractivity contribution >= 4 is 43.5 Å². The van der Waals surface area contributed by atoms with Crippen molar-refractivity contribution in [3.05, 3.63) is 58.4 Å². The van der Waals surface area contributed by atoms with Gasteiger partial charge in [0.25, 0.3) is 5.91 Å². The van der Waals surface area contributed by atoms with E-state index in [1.165, 1.54) is 28.6 Å². The van der Waals surface area contributed by atoms with Gasteiger partial charge in [-0.3, -0.25) is 9.59 Å². The Balaban J connectivity index is 2.01. The number of hydrogen-bond donors (Lipinski definition) is 0. The summed E-state index contributed by atoms with van der Waals surface area (Å²) in [7, 11) is -3.72. The molecule has 1 amide bonds. The van der Waals surface area contributed by atoms with Crippen LogP contribution in [0.15, 0.2) is 46.3 Å². The van der Waals surface area contributed by atoms with Crippen molar-refractivity contribution < 1.29 is 31.5 Å². The van der Waals surface area contributed by atoms with Crippen molar-refractivity contribution in [2.75, 3.05) is 19.7 Å². The zero-order valence-electron chi connectivity index (χ0n) is 20.2. The predicted molar refractivity (Wildman–Crippen MR) is 132 cm³/mol. The van der Waals surface area contributed by atoms with E-state index in [4.69, 9.17) is 4.74 Å². The smallest absolute Gasteiger partial charge is 0.326 e. The second-order valence-electron chi connectivity index (χ2n) is 7.86. The van der Waals surface area contributed by atoms with Crippen LogP contribution >= 0.6 is 11.3 Å². The molecule has 8 nitrogen and oxygen atoms in total. The van der Waals surface area contributed by atoms with Crippen LogP contribution in [0, 0.1) is 11.6 Å². The van der Waals surface area contributed by atoms with E-state index in [0.717, 1.165) is 22.0 Å². The lowest BCUT2D eigenvalue weighted by Gasteiger charge is -2.21. The van der Waals surface area contributed by atoms with E-state index in [9.17, 15) is 26.8 Å². The van der Waals surface area contributed by atoms with Gasteiger partial charge in [-0.05, 0) is 50.1 Å². The van der Waals surface area contributed by atoms with Gasteiger partial charge in [0.15, 0.2) is 10.6 Å². The molecule has 0 unspecified atom stereocenters. The second-order valence-corrected chi connectivity index (χ2v) is 10.8. The number of aromatic nitrogens is 1. The van der Waals surface area contributed by atoms with Gasteiger partial charge in [0, 0.05) is 24.7 Å². The van der Waals surface area contributed by atoms with Gasteiger partial charge in [0.05, 0.1) is 21.7 Å². The number of nitrogens with zero attached hydrogens (tertiary/aromatic N) is 3. The summed E-state index contributed by atoms with van der Waals surface area (Å²) in [6.45, 7) is 5.85. The summed E-state index contributed by atoms with van der Waals surface area (Å²) in [5.74, 6) is -3.12. The minimum atomic E-state index is -3.72. The van der Waals surface area contributed by atoms with Gasteiger partial charge in [0.1, 0.15) is 12.4 Å². The molecule has 36 heavy (non-hydrogen) atoms. The summed E-state index contributed by atoms with van der Waals surface area (Å²) in [4.78, 5) is 29.0. The number of esters is 1. The van der Waals surface area contributed by atoms with Crippen LogP contribution < -0.4 is 4.80 Å². The zero-order valence-corrected chi connectivity index (χ0v) is 21.8. The first-order valence-corrected chi connectivity index (χ1v) is 13.7. The van der Waals surface area contributed by atoms with Gasteiger partial charge >= 0.3 is 5.97 Å². The molecule has 0 spiro atoms. The maximum atomic E-state index is 14.6. The van der Waals surface area contributed by atoms with Crippen molar-refractivity contribution in [1.29, 1.82) is 0 Å². The van der Waals surface area contributed by atoms with Gasteiger partial charge in [-0.2, -0.15) is 9.30 Å². The van der Waals surface area contributed by atoms with Crippen molar-refractivity contribution in [2.24, 2.45) is 4.99 Å². The molecule has 0 saturated carbocycles. The molecule has 0 atom stereocenters. The third-order valence-corrected chi connectivity index (χ3v) is 8.11. The Labute approximate surface area is 211 Å². The molecule has 3 rings (SSSR count). The van der Waals surface area contributed by atoms with Crippen LogP contribution in [0.2, 0.25) is 0 Å². The van der Waals surface area contributed by atoms with Crippen LogP contribution in [-0.2, 0) is 26.1 Å². The average molecular weight is 540 g/mol. The molecule has 0 N–H and O–H groups in total. The Morgan fingerprint density at radius 2 is 1.69 bits per heavy atom. The SMILES string of the molecule is CCCN(CCC)S(=O)(=O)c1ccc(C(=O)N=c2sc3cc(F)cc(F)c3n2CC(=O)OCC)cc1. The molecular formula is C24H27F2N3O5S2. The molecule has 0 aliphatic carbocycles. The number of amides is 1. The van der Waals surface area contributed by atoms with E-state index in [1.54, 1.807) is 6.92 Å². The Kier molecular flexibility index (Phi) is 9.09. The molecule has 12 heteroatoms. The largest absolute Gasteiger partial charge is 0.465 e. The van der Waals surface area contributed by atoms with Crippen LogP contribution in [0.3, 0.4) is 0 Å². The van der Waals surface area contributed by atoms with E-state index in [1.807, 2.05) is 13.8 Å². The number of thiazole rings is 1. The molecule has 0 aliphatic rings. The highest BCUT2D eigenvalue weighted by molar-refractivity contribution is 7.89. The van der Waals surface area contributed by atoms with E-state index in [-0.39, 0.29) is 32.1 Å². The molecule has 0 fully saturated rings.